The summed E-state index contributed by atoms with van der Waals surface area (Å²) in [6.45, 7) is 0.781. The zero-order valence-corrected chi connectivity index (χ0v) is 10.3. The number of hydrogen-bond acceptors (Lipinski definition) is 2. The van der Waals surface area contributed by atoms with Crippen LogP contribution in [0.2, 0.25) is 0 Å². The first-order chi connectivity index (χ1) is 8.06. The van der Waals surface area contributed by atoms with Crippen molar-refractivity contribution in [1.29, 1.82) is 0 Å². The lowest BCUT2D eigenvalue weighted by Crippen LogP contribution is -2.11. The van der Waals surface area contributed by atoms with E-state index in [0.29, 0.717) is 5.56 Å². The van der Waals surface area contributed by atoms with Gasteiger partial charge in [-0.1, -0.05) is 18.3 Å². The van der Waals surface area contributed by atoms with Gasteiger partial charge in [-0.2, -0.15) is 0 Å². The van der Waals surface area contributed by atoms with Gasteiger partial charge in [0.2, 0.25) is 0 Å². The van der Waals surface area contributed by atoms with Gasteiger partial charge in [0.25, 0.3) is 0 Å². The van der Waals surface area contributed by atoms with Gasteiger partial charge in [0, 0.05) is 25.6 Å². The minimum atomic E-state index is -0.511. The van der Waals surface area contributed by atoms with Crippen LogP contribution >= 0.6 is 12.2 Å². The summed E-state index contributed by atoms with van der Waals surface area (Å²) < 4.78 is 25.8. The lowest BCUT2D eigenvalue weighted by atomic mass is 10.0. The number of likely N-dealkylation sites (N-methyl/N-ethyl adjacent to an activating group) is 1. The molecule has 0 spiro atoms. The number of nitrogens with zero attached hydrogens (tertiary/aromatic N) is 1. The van der Waals surface area contributed by atoms with E-state index in [2.05, 4.69) is 18.0 Å². The largest absolute Gasteiger partial charge is 0.396 e. The van der Waals surface area contributed by atoms with Gasteiger partial charge in [0.15, 0.2) is 0 Å². The highest BCUT2D eigenvalue weighted by molar-refractivity contribution is 7.78. The summed E-state index contributed by atoms with van der Waals surface area (Å²) in [5.41, 5.74) is 6.32. The normalized spacial score (nSPS) is 17.6. The molecule has 0 aliphatic carbocycles. The molecule has 0 saturated carbocycles. The topological polar surface area (TPSA) is 29.3 Å². The number of hydrogen-bond donors (Lipinski definition) is 1. The highest BCUT2D eigenvalue weighted by Crippen LogP contribution is 2.24. The van der Waals surface area contributed by atoms with Crippen molar-refractivity contribution in [2.75, 3.05) is 13.6 Å². The maximum atomic E-state index is 12.9. The molecule has 2 N–H and O–H groups in total. The highest BCUT2D eigenvalue weighted by atomic mass is 32.1. The molecule has 92 valence electrons. The van der Waals surface area contributed by atoms with Crippen molar-refractivity contribution in [2.24, 2.45) is 5.73 Å². The average Bonchev–Trinajstić information content (AvgIpc) is 2.64. The van der Waals surface area contributed by atoms with Crippen molar-refractivity contribution in [1.82, 2.24) is 4.90 Å². The third-order valence-corrected chi connectivity index (χ3v) is 2.37. The fourth-order valence-corrected chi connectivity index (χ4v) is 1.69. The van der Waals surface area contributed by atoms with Crippen LogP contribution in [0.3, 0.4) is 0 Å². The number of benzene rings is 1. The number of thiocarbonyl (C=S) groups is 1. The first-order valence-corrected chi connectivity index (χ1v) is 5.54. The van der Waals surface area contributed by atoms with Gasteiger partial charge in [-0.05, 0) is 23.9 Å². The zero-order chi connectivity index (χ0) is 12.8. The maximum absolute atomic E-state index is 12.9. The van der Waals surface area contributed by atoms with Gasteiger partial charge < -0.3 is 10.6 Å². The summed E-state index contributed by atoms with van der Waals surface area (Å²) in [4.78, 5) is 1.99. The second-order valence-corrected chi connectivity index (χ2v) is 4.00. The third-order valence-electron chi connectivity index (χ3n) is 2.37. The molecule has 1 aromatic rings. The van der Waals surface area contributed by atoms with E-state index >= 15 is 0 Å². The van der Waals surface area contributed by atoms with Gasteiger partial charge in [-0.15, -0.1) is 0 Å². The molecule has 2 rings (SSSR count). The first kappa shape index (κ1) is 13.6. The molecule has 1 aromatic carbocycles. The lowest BCUT2D eigenvalue weighted by Gasteiger charge is -2.12. The highest BCUT2D eigenvalue weighted by Gasteiger charge is 2.16. The molecule has 5 heteroatoms. The molecule has 0 saturated heterocycles. The molecule has 0 amide bonds. The Morgan fingerprint density at radius 2 is 1.88 bits per heavy atom. The predicted octanol–water partition coefficient (Wildman–Crippen LogP) is 2.41. The van der Waals surface area contributed by atoms with E-state index in [1.165, 1.54) is 12.1 Å². The molecule has 1 heterocycles. The van der Waals surface area contributed by atoms with E-state index < -0.39 is 11.6 Å². The van der Waals surface area contributed by atoms with Crippen molar-refractivity contribution in [2.45, 2.75) is 5.92 Å². The van der Waals surface area contributed by atoms with Gasteiger partial charge in [0.05, 0.1) is 5.49 Å². The van der Waals surface area contributed by atoms with Gasteiger partial charge in [-0.3, -0.25) is 0 Å². The second kappa shape index (κ2) is 6.30. The molecule has 2 nitrogen and oxygen atoms in total. The molecule has 1 aliphatic heterocycles. The molecule has 0 fully saturated rings. The van der Waals surface area contributed by atoms with Crippen LogP contribution < -0.4 is 5.73 Å². The standard InChI is InChI=1S/C11H11F2N.CH3NS/c1-14-3-2-8(7-14)9-4-10(12)6-11(13)5-9;2-1-3/h2-6,8H,7H2,1H3;1H,(H2,2,3). The number of rotatable bonds is 1. The van der Waals surface area contributed by atoms with Crippen LogP contribution in [0.4, 0.5) is 8.78 Å². The Bertz CT molecular complexity index is 401. The monoisotopic (exact) mass is 256 g/mol. The summed E-state index contributed by atoms with van der Waals surface area (Å²) in [6.07, 6.45) is 3.88. The van der Waals surface area contributed by atoms with Gasteiger partial charge in [0.1, 0.15) is 11.6 Å². The SMILES string of the molecule is CN1C=CC(c2cc(F)cc(F)c2)C1.NC=S. The quantitative estimate of drug-likeness (QED) is 0.782. The molecule has 1 atom stereocenters. The van der Waals surface area contributed by atoms with Crippen molar-refractivity contribution < 1.29 is 8.78 Å². The summed E-state index contributed by atoms with van der Waals surface area (Å²) in [5.74, 6) is -0.920. The molecule has 1 unspecified atom stereocenters. The van der Waals surface area contributed by atoms with Crippen LogP contribution in [0, 0.1) is 11.6 Å². The molecule has 1 aliphatic rings. The van der Waals surface area contributed by atoms with E-state index in [1.54, 1.807) is 0 Å². The molecular weight excluding hydrogens is 242 g/mol. The predicted molar refractivity (Wildman–Crippen MR) is 68.7 cm³/mol. The summed E-state index contributed by atoms with van der Waals surface area (Å²) in [7, 11) is 1.94. The van der Waals surface area contributed by atoms with E-state index in [4.69, 9.17) is 0 Å². The van der Waals surface area contributed by atoms with Gasteiger partial charge in [-0.25, -0.2) is 8.78 Å². The third kappa shape index (κ3) is 4.11. The molecule has 0 bridgehead atoms. The maximum Gasteiger partial charge on any atom is 0.126 e. The summed E-state index contributed by atoms with van der Waals surface area (Å²) in [5, 5.41) is 0. The van der Waals surface area contributed by atoms with Crippen LogP contribution in [0.25, 0.3) is 0 Å². The van der Waals surface area contributed by atoms with Crippen molar-refractivity contribution >= 4 is 17.7 Å². The Morgan fingerprint density at radius 1 is 1.35 bits per heavy atom. The Labute approximate surface area is 105 Å². The molecular formula is C12H14F2N2S. The summed E-state index contributed by atoms with van der Waals surface area (Å²) >= 11 is 4.05. The lowest BCUT2D eigenvalue weighted by molar-refractivity contribution is 0.473. The van der Waals surface area contributed by atoms with Gasteiger partial charge >= 0.3 is 0 Å². The number of halogens is 2. The minimum Gasteiger partial charge on any atom is -0.396 e. The fourth-order valence-electron chi connectivity index (χ4n) is 1.69. The van der Waals surface area contributed by atoms with E-state index in [0.717, 1.165) is 18.1 Å². The summed E-state index contributed by atoms with van der Waals surface area (Å²) in [6, 6.07) is 3.67. The van der Waals surface area contributed by atoms with Crippen LogP contribution in [0.15, 0.2) is 30.5 Å². The van der Waals surface area contributed by atoms with Crippen LogP contribution in [0.5, 0.6) is 0 Å². The molecule has 0 radical (unpaired) electrons. The molecule has 17 heavy (non-hydrogen) atoms. The first-order valence-electron chi connectivity index (χ1n) is 5.06. The van der Waals surface area contributed by atoms with E-state index in [9.17, 15) is 8.78 Å². The smallest absolute Gasteiger partial charge is 0.126 e. The van der Waals surface area contributed by atoms with Crippen molar-refractivity contribution in [3.8, 4) is 0 Å². The Hall–Kier alpha value is -1.49. The Kier molecular flexibility index (Phi) is 5.03. The average molecular weight is 256 g/mol. The van der Waals surface area contributed by atoms with Crippen LogP contribution in [-0.4, -0.2) is 24.0 Å². The van der Waals surface area contributed by atoms with Crippen LogP contribution in [-0.2, 0) is 0 Å². The van der Waals surface area contributed by atoms with E-state index in [1.807, 2.05) is 24.2 Å². The molecule has 0 aromatic heterocycles. The van der Waals surface area contributed by atoms with Crippen molar-refractivity contribution in [3.05, 3.63) is 47.7 Å². The Morgan fingerprint density at radius 3 is 2.29 bits per heavy atom. The zero-order valence-electron chi connectivity index (χ0n) is 9.44. The fraction of sp³-hybridized carbons (Fsp3) is 0.250. The van der Waals surface area contributed by atoms with Crippen LogP contribution in [0.1, 0.15) is 11.5 Å². The van der Waals surface area contributed by atoms with E-state index in [-0.39, 0.29) is 5.92 Å². The van der Waals surface area contributed by atoms with Crippen molar-refractivity contribution in [3.63, 3.8) is 0 Å². The minimum absolute atomic E-state index is 0.102. The number of nitrogens with two attached hydrogens (primary N) is 1. The second-order valence-electron chi connectivity index (χ2n) is 3.73. The Balaban J connectivity index is 0.000000437.